The van der Waals surface area contributed by atoms with Gasteiger partial charge in [-0.15, -0.1) is 0 Å². The predicted molar refractivity (Wildman–Crippen MR) is 125 cm³/mol. The third kappa shape index (κ3) is 6.27. The lowest BCUT2D eigenvalue weighted by Gasteiger charge is -2.43. The SMILES string of the molecule is COCCN(C(=O)C1CC1)C1CCN(C(=O)C2CC2)[C@@H](C(=O)NCC2CCC(CN)CC2)C1. The Kier molecular flexibility index (Phi) is 8.28. The smallest absolute Gasteiger partial charge is 0.242 e. The number of hydrogen-bond donors (Lipinski definition) is 2. The second-order valence-corrected chi connectivity index (χ2v) is 10.7. The number of amides is 3. The molecule has 1 saturated heterocycles. The zero-order valence-corrected chi connectivity index (χ0v) is 20.2. The molecule has 0 aromatic heterocycles. The molecule has 4 aliphatic rings. The Labute approximate surface area is 197 Å². The van der Waals surface area contributed by atoms with Gasteiger partial charge in [0.2, 0.25) is 17.7 Å². The van der Waals surface area contributed by atoms with Crippen molar-refractivity contribution < 1.29 is 19.1 Å². The summed E-state index contributed by atoms with van der Waals surface area (Å²) >= 11 is 0. The summed E-state index contributed by atoms with van der Waals surface area (Å²) in [4.78, 5) is 43.1. The molecular weight excluding hydrogens is 420 g/mol. The van der Waals surface area contributed by atoms with Crippen LogP contribution in [0.15, 0.2) is 0 Å². The number of likely N-dealkylation sites (tertiary alicyclic amines) is 1. The first-order valence-corrected chi connectivity index (χ1v) is 13.1. The van der Waals surface area contributed by atoms with E-state index < -0.39 is 6.04 Å². The quantitative estimate of drug-likeness (QED) is 0.512. The maximum Gasteiger partial charge on any atom is 0.242 e. The number of carbonyl (C=O) groups is 3. The van der Waals surface area contributed by atoms with Gasteiger partial charge < -0.3 is 25.6 Å². The van der Waals surface area contributed by atoms with Crippen molar-refractivity contribution in [2.75, 3.05) is 39.9 Å². The van der Waals surface area contributed by atoms with Gasteiger partial charge in [0.15, 0.2) is 0 Å². The van der Waals surface area contributed by atoms with Crippen LogP contribution in [0, 0.1) is 23.7 Å². The topological polar surface area (TPSA) is 105 Å². The number of nitrogens with zero attached hydrogens (tertiary/aromatic N) is 2. The fourth-order valence-corrected chi connectivity index (χ4v) is 5.57. The number of carbonyl (C=O) groups excluding carboxylic acids is 3. The van der Waals surface area contributed by atoms with E-state index in [0.717, 1.165) is 64.3 Å². The molecule has 4 fully saturated rings. The highest BCUT2D eigenvalue weighted by molar-refractivity contribution is 5.90. The Morgan fingerprint density at radius 3 is 2.24 bits per heavy atom. The maximum atomic E-state index is 13.4. The third-order valence-electron chi connectivity index (χ3n) is 8.14. The molecule has 1 aliphatic heterocycles. The Morgan fingerprint density at radius 2 is 1.64 bits per heavy atom. The maximum absolute atomic E-state index is 13.4. The lowest BCUT2D eigenvalue weighted by atomic mass is 9.82. The van der Waals surface area contributed by atoms with Gasteiger partial charge >= 0.3 is 0 Å². The second-order valence-electron chi connectivity index (χ2n) is 10.7. The molecule has 3 aliphatic carbocycles. The van der Waals surface area contributed by atoms with E-state index in [0.29, 0.717) is 44.5 Å². The number of nitrogens with one attached hydrogen (secondary N) is 1. The van der Waals surface area contributed by atoms with Gasteiger partial charge in [-0.2, -0.15) is 0 Å². The second kappa shape index (κ2) is 11.2. The van der Waals surface area contributed by atoms with Crippen LogP contribution in [0.5, 0.6) is 0 Å². The van der Waals surface area contributed by atoms with Gasteiger partial charge in [-0.05, 0) is 82.6 Å². The van der Waals surface area contributed by atoms with E-state index in [1.165, 1.54) is 0 Å². The van der Waals surface area contributed by atoms with Gasteiger partial charge in [-0.3, -0.25) is 14.4 Å². The van der Waals surface area contributed by atoms with Crippen LogP contribution in [-0.2, 0) is 19.1 Å². The molecule has 0 bridgehead atoms. The molecule has 3 amide bonds. The fraction of sp³-hybridized carbons (Fsp3) is 0.880. The molecule has 0 aromatic rings. The van der Waals surface area contributed by atoms with Crippen molar-refractivity contribution >= 4 is 17.7 Å². The van der Waals surface area contributed by atoms with Gasteiger partial charge in [0.1, 0.15) is 6.04 Å². The monoisotopic (exact) mass is 462 g/mol. The van der Waals surface area contributed by atoms with E-state index in [2.05, 4.69) is 5.32 Å². The first-order chi connectivity index (χ1) is 16.0. The predicted octanol–water partition coefficient (Wildman–Crippen LogP) is 1.52. The van der Waals surface area contributed by atoms with Crippen molar-refractivity contribution in [1.82, 2.24) is 15.1 Å². The number of hydrogen-bond acceptors (Lipinski definition) is 5. The van der Waals surface area contributed by atoms with Gasteiger partial charge in [-0.1, -0.05) is 0 Å². The molecular formula is C25H42N4O4. The Hall–Kier alpha value is -1.67. The van der Waals surface area contributed by atoms with Crippen LogP contribution in [0.4, 0.5) is 0 Å². The van der Waals surface area contributed by atoms with Crippen LogP contribution >= 0.6 is 0 Å². The fourth-order valence-electron chi connectivity index (χ4n) is 5.57. The summed E-state index contributed by atoms with van der Waals surface area (Å²) in [5.41, 5.74) is 5.81. The number of ether oxygens (including phenoxy) is 1. The zero-order valence-electron chi connectivity index (χ0n) is 20.2. The van der Waals surface area contributed by atoms with Crippen LogP contribution in [0.2, 0.25) is 0 Å². The molecule has 2 atom stereocenters. The highest BCUT2D eigenvalue weighted by Gasteiger charge is 2.45. The van der Waals surface area contributed by atoms with E-state index >= 15 is 0 Å². The first kappa shape index (κ1) is 24.5. The van der Waals surface area contributed by atoms with Crippen molar-refractivity contribution in [3.8, 4) is 0 Å². The average Bonchev–Trinajstić information content (AvgIpc) is 3.75. The molecule has 0 aromatic carbocycles. The molecule has 8 heteroatoms. The largest absolute Gasteiger partial charge is 0.383 e. The Balaban J connectivity index is 1.39. The van der Waals surface area contributed by atoms with Crippen molar-refractivity contribution in [3.63, 3.8) is 0 Å². The third-order valence-corrected chi connectivity index (χ3v) is 8.14. The number of methoxy groups -OCH3 is 1. The Morgan fingerprint density at radius 1 is 0.970 bits per heavy atom. The lowest BCUT2D eigenvalue weighted by molar-refractivity contribution is -0.147. The van der Waals surface area contributed by atoms with Crippen LogP contribution < -0.4 is 11.1 Å². The van der Waals surface area contributed by atoms with Crippen molar-refractivity contribution in [1.29, 1.82) is 0 Å². The first-order valence-electron chi connectivity index (χ1n) is 13.1. The normalized spacial score (nSPS) is 30.1. The number of nitrogens with two attached hydrogens (primary N) is 1. The van der Waals surface area contributed by atoms with Gasteiger partial charge in [0.25, 0.3) is 0 Å². The van der Waals surface area contributed by atoms with E-state index in [4.69, 9.17) is 10.5 Å². The highest BCUT2D eigenvalue weighted by atomic mass is 16.5. The zero-order chi connectivity index (χ0) is 23.4. The van der Waals surface area contributed by atoms with E-state index in [1.807, 2.05) is 9.80 Å². The minimum Gasteiger partial charge on any atom is -0.383 e. The molecule has 3 N–H and O–H groups in total. The number of piperidine rings is 1. The van der Waals surface area contributed by atoms with Gasteiger partial charge in [-0.25, -0.2) is 0 Å². The minimum atomic E-state index is -0.491. The standard InChI is InChI=1S/C25H42N4O4/c1-33-13-12-28(24(31)19-6-7-19)21-10-11-29(25(32)20-8-9-20)22(14-21)23(30)27-16-18-4-2-17(15-26)3-5-18/h17-22H,2-16,26H2,1H3,(H,27,30)/t17?,18?,21?,22-/m1/s1. The van der Waals surface area contributed by atoms with E-state index in [9.17, 15) is 14.4 Å². The summed E-state index contributed by atoms with van der Waals surface area (Å²) in [5, 5.41) is 3.17. The van der Waals surface area contributed by atoms with Crippen molar-refractivity contribution in [2.45, 2.75) is 76.3 Å². The summed E-state index contributed by atoms with van der Waals surface area (Å²) < 4.78 is 5.26. The highest BCUT2D eigenvalue weighted by Crippen LogP contribution is 2.36. The van der Waals surface area contributed by atoms with Gasteiger partial charge in [0.05, 0.1) is 6.61 Å². The van der Waals surface area contributed by atoms with Crippen molar-refractivity contribution in [3.05, 3.63) is 0 Å². The summed E-state index contributed by atoms with van der Waals surface area (Å²) in [6.45, 7) is 2.99. The molecule has 1 unspecified atom stereocenters. The molecule has 0 spiro atoms. The summed E-state index contributed by atoms with van der Waals surface area (Å²) in [5.74, 6) is 1.57. The summed E-state index contributed by atoms with van der Waals surface area (Å²) in [7, 11) is 1.65. The number of rotatable bonds is 10. The van der Waals surface area contributed by atoms with E-state index in [1.54, 1.807) is 7.11 Å². The van der Waals surface area contributed by atoms with Gasteiger partial charge in [0, 0.05) is 44.6 Å². The minimum absolute atomic E-state index is 0.0211. The van der Waals surface area contributed by atoms with Crippen LogP contribution in [-0.4, -0.2) is 79.5 Å². The molecule has 8 nitrogen and oxygen atoms in total. The average molecular weight is 463 g/mol. The molecule has 186 valence electrons. The van der Waals surface area contributed by atoms with E-state index in [-0.39, 0.29) is 35.6 Å². The molecule has 3 saturated carbocycles. The van der Waals surface area contributed by atoms with Crippen LogP contribution in [0.3, 0.4) is 0 Å². The van der Waals surface area contributed by atoms with Crippen LogP contribution in [0.1, 0.15) is 64.2 Å². The van der Waals surface area contributed by atoms with Crippen LogP contribution in [0.25, 0.3) is 0 Å². The van der Waals surface area contributed by atoms with Crippen molar-refractivity contribution in [2.24, 2.45) is 29.4 Å². The molecule has 4 rings (SSSR count). The molecule has 1 heterocycles. The summed E-state index contributed by atoms with van der Waals surface area (Å²) in [6, 6.07) is -0.512. The summed E-state index contributed by atoms with van der Waals surface area (Å²) in [6.07, 6.45) is 9.48. The molecule has 33 heavy (non-hydrogen) atoms. The lowest BCUT2D eigenvalue weighted by Crippen LogP contribution is -2.59. The molecule has 0 radical (unpaired) electrons. The Bertz CT molecular complexity index is 701.